The van der Waals surface area contributed by atoms with Crippen LogP contribution in [-0.4, -0.2) is 19.5 Å². The summed E-state index contributed by atoms with van der Waals surface area (Å²) in [7, 11) is 0. The van der Waals surface area contributed by atoms with Crippen molar-refractivity contribution in [2.75, 3.05) is 0 Å². The van der Waals surface area contributed by atoms with Crippen LogP contribution in [0.15, 0.2) is 29.1 Å². The topological polar surface area (TPSA) is 72.8 Å². The number of fused-ring (bicyclic) bond motifs is 1. The Morgan fingerprint density at radius 2 is 2.03 bits per heavy atom. The van der Waals surface area contributed by atoms with Gasteiger partial charge in [0.05, 0.1) is 0 Å². The highest BCUT2D eigenvalue weighted by Crippen LogP contribution is 2.65. The van der Waals surface area contributed by atoms with Crippen LogP contribution in [0.5, 0.6) is 11.8 Å². The van der Waals surface area contributed by atoms with Crippen LogP contribution in [-0.2, 0) is 12.0 Å². The lowest BCUT2D eigenvalue weighted by Gasteiger charge is -2.30. The molecule has 156 valence electrons. The molecule has 0 amide bonds. The number of imidazole rings is 1. The third kappa shape index (κ3) is 2.57. The molecule has 4 fully saturated rings. The van der Waals surface area contributed by atoms with Gasteiger partial charge in [-0.25, -0.2) is 9.37 Å². The lowest BCUT2D eigenvalue weighted by atomic mass is 9.75. The quantitative estimate of drug-likeness (QED) is 0.673. The molecule has 2 atom stereocenters. The normalized spacial score (nSPS) is 29.2. The summed E-state index contributed by atoms with van der Waals surface area (Å²) in [6, 6.07) is 6.02. The summed E-state index contributed by atoms with van der Waals surface area (Å²) in [5, 5.41) is 0. The molecule has 0 radical (unpaired) electrons. The summed E-state index contributed by atoms with van der Waals surface area (Å²) in [5.41, 5.74) is 0.751. The number of nitrogens with one attached hydrogen (secondary N) is 1. The van der Waals surface area contributed by atoms with Crippen LogP contribution >= 0.6 is 0 Å². The van der Waals surface area contributed by atoms with Crippen molar-refractivity contribution in [1.82, 2.24) is 19.5 Å². The smallest absolute Gasteiger partial charge is 0.306 e. The number of ether oxygens (including phenoxy) is 1. The monoisotopic (exact) mass is 408 g/mol. The van der Waals surface area contributed by atoms with Crippen molar-refractivity contribution in [3.8, 4) is 11.8 Å². The zero-order chi connectivity index (χ0) is 20.5. The average Bonchev–Trinajstić information content (AvgIpc) is 3.32. The number of aromatic amines is 1. The maximum atomic E-state index is 13.6. The minimum absolute atomic E-state index is 0.0832. The van der Waals surface area contributed by atoms with Crippen molar-refractivity contribution in [3.05, 3.63) is 46.3 Å². The summed E-state index contributed by atoms with van der Waals surface area (Å²) >= 11 is 0. The van der Waals surface area contributed by atoms with Gasteiger partial charge in [0.2, 0.25) is 0 Å². The molecule has 4 aliphatic rings. The number of halogens is 1. The van der Waals surface area contributed by atoms with E-state index in [9.17, 15) is 9.18 Å². The Hall–Kier alpha value is -2.70. The molecule has 4 bridgehead atoms. The third-order valence-electron chi connectivity index (χ3n) is 7.49. The van der Waals surface area contributed by atoms with E-state index < -0.39 is 5.82 Å². The molecule has 6 nitrogen and oxygen atoms in total. The zero-order valence-electron chi connectivity index (χ0n) is 17.0. The van der Waals surface area contributed by atoms with Gasteiger partial charge in [0, 0.05) is 18.0 Å². The van der Waals surface area contributed by atoms with E-state index in [0.717, 1.165) is 24.1 Å². The van der Waals surface area contributed by atoms with E-state index >= 15 is 0 Å². The average molecular weight is 408 g/mol. The fraction of sp³-hybridized carbons (Fsp3) is 0.522. The first-order valence-corrected chi connectivity index (χ1v) is 11.0. The van der Waals surface area contributed by atoms with Crippen LogP contribution in [0, 0.1) is 23.6 Å². The molecule has 1 N–H and O–H groups in total. The predicted octanol–water partition coefficient (Wildman–Crippen LogP) is 4.54. The van der Waals surface area contributed by atoms with E-state index in [4.69, 9.17) is 9.72 Å². The van der Waals surface area contributed by atoms with Crippen molar-refractivity contribution >= 4 is 11.2 Å². The summed E-state index contributed by atoms with van der Waals surface area (Å²) in [4.78, 5) is 26.1. The summed E-state index contributed by atoms with van der Waals surface area (Å²) in [5.74, 6) is 3.11. The molecule has 0 aliphatic heterocycles. The highest BCUT2D eigenvalue weighted by atomic mass is 19.1. The molecule has 2 unspecified atom stereocenters. The van der Waals surface area contributed by atoms with Crippen molar-refractivity contribution in [3.63, 3.8) is 0 Å². The second-order valence-electron chi connectivity index (χ2n) is 9.40. The van der Waals surface area contributed by atoms with Gasteiger partial charge in [-0.05, 0) is 68.4 Å². The number of H-pyrrole nitrogens is 1. The molecule has 4 saturated carbocycles. The summed E-state index contributed by atoms with van der Waals surface area (Å²) in [6.07, 6.45) is 7.02. The van der Waals surface area contributed by atoms with Gasteiger partial charge < -0.3 is 9.72 Å². The molecular weight excluding hydrogens is 383 g/mol. The maximum Gasteiger partial charge on any atom is 0.306 e. The summed E-state index contributed by atoms with van der Waals surface area (Å²) in [6.45, 7) is 2.46. The van der Waals surface area contributed by atoms with E-state index in [-0.39, 0.29) is 17.0 Å². The minimum atomic E-state index is -0.397. The number of nitrogens with zero attached hydrogens (tertiary/aromatic N) is 3. The van der Waals surface area contributed by atoms with Gasteiger partial charge in [-0.1, -0.05) is 13.0 Å². The van der Waals surface area contributed by atoms with E-state index in [2.05, 4.69) is 9.97 Å². The van der Waals surface area contributed by atoms with Crippen LogP contribution in [0.25, 0.3) is 11.2 Å². The van der Waals surface area contributed by atoms with Gasteiger partial charge >= 0.3 is 6.01 Å². The minimum Gasteiger partial charge on any atom is -0.425 e. The number of hydrogen-bond acceptors (Lipinski definition) is 4. The third-order valence-corrected chi connectivity index (χ3v) is 7.49. The zero-order valence-corrected chi connectivity index (χ0v) is 17.0. The number of benzene rings is 1. The molecule has 4 aliphatic carbocycles. The Kier molecular flexibility index (Phi) is 3.86. The van der Waals surface area contributed by atoms with Gasteiger partial charge in [0.15, 0.2) is 11.2 Å². The predicted molar refractivity (Wildman–Crippen MR) is 110 cm³/mol. The van der Waals surface area contributed by atoms with Crippen molar-refractivity contribution in [2.24, 2.45) is 17.8 Å². The molecular formula is C23H25FN4O2. The van der Waals surface area contributed by atoms with E-state index in [0.29, 0.717) is 29.4 Å². The van der Waals surface area contributed by atoms with Crippen LogP contribution in [0.3, 0.4) is 0 Å². The highest BCUT2D eigenvalue weighted by Gasteiger charge is 2.59. The maximum absolute atomic E-state index is 13.6. The number of rotatable bonds is 5. The van der Waals surface area contributed by atoms with Gasteiger partial charge in [0.1, 0.15) is 17.4 Å². The molecule has 2 heterocycles. The Bertz CT molecular complexity index is 1190. The van der Waals surface area contributed by atoms with E-state index in [1.807, 2.05) is 6.92 Å². The van der Waals surface area contributed by atoms with Crippen LogP contribution < -0.4 is 10.3 Å². The Labute approximate surface area is 173 Å². The molecule has 7 heteroatoms. The first kappa shape index (κ1) is 18.1. The van der Waals surface area contributed by atoms with Gasteiger partial charge in [-0.15, -0.1) is 0 Å². The second-order valence-corrected chi connectivity index (χ2v) is 9.40. The fourth-order valence-corrected chi connectivity index (χ4v) is 6.52. The first-order valence-electron chi connectivity index (χ1n) is 11.0. The fourth-order valence-electron chi connectivity index (χ4n) is 6.52. The van der Waals surface area contributed by atoms with Gasteiger partial charge in [-0.3, -0.25) is 9.36 Å². The lowest BCUT2D eigenvalue weighted by Crippen LogP contribution is -2.29. The lowest BCUT2D eigenvalue weighted by molar-refractivity contribution is 0.262. The van der Waals surface area contributed by atoms with Crippen LogP contribution in [0.2, 0.25) is 0 Å². The largest absolute Gasteiger partial charge is 0.425 e. The second kappa shape index (κ2) is 6.40. The molecule has 3 aromatic rings. The molecule has 2 aromatic heterocycles. The number of hydrogen-bond donors (Lipinski definition) is 1. The highest BCUT2D eigenvalue weighted by molar-refractivity contribution is 5.70. The molecule has 30 heavy (non-hydrogen) atoms. The van der Waals surface area contributed by atoms with Gasteiger partial charge in [-0.2, -0.15) is 4.98 Å². The van der Waals surface area contributed by atoms with E-state index in [1.165, 1.54) is 48.8 Å². The standard InChI is InChI=1S/C23H25FN4O2/c1-2-6-28-20(29)18-19(27-22(28)30-17-5-3-4-16(24)10-17)26-21(25-18)23-11-13-7-14(12-23)9-15(23)8-13/h3-5,10,13-15H,2,6-9,11-12H2,1H3,(H,25,26). The molecule has 0 saturated heterocycles. The van der Waals surface area contributed by atoms with Gasteiger partial charge in [0.25, 0.3) is 5.56 Å². The van der Waals surface area contributed by atoms with Crippen molar-refractivity contribution in [1.29, 1.82) is 0 Å². The molecule has 0 spiro atoms. The molecule has 7 rings (SSSR count). The Balaban J connectivity index is 1.46. The number of aromatic nitrogens is 4. The van der Waals surface area contributed by atoms with Crippen molar-refractivity contribution in [2.45, 2.75) is 57.4 Å². The summed E-state index contributed by atoms with van der Waals surface area (Å²) < 4.78 is 21.0. The van der Waals surface area contributed by atoms with Crippen LogP contribution in [0.1, 0.15) is 51.3 Å². The van der Waals surface area contributed by atoms with E-state index in [1.54, 1.807) is 12.1 Å². The van der Waals surface area contributed by atoms with Crippen molar-refractivity contribution < 1.29 is 9.13 Å². The molecule has 1 aromatic carbocycles. The Morgan fingerprint density at radius 3 is 2.77 bits per heavy atom. The SMILES string of the molecule is CCCn1c(Oc2cccc(F)c2)nc2nc(C34CC5CC(CC3C5)C4)[nH]c2c1=O. The Morgan fingerprint density at radius 1 is 1.23 bits per heavy atom. The van der Waals surface area contributed by atoms with Crippen LogP contribution in [0.4, 0.5) is 4.39 Å². The first-order chi connectivity index (χ1) is 14.6.